The lowest BCUT2D eigenvalue weighted by atomic mass is 10.1. The molecule has 0 aliphatic rings. The Hall–Kier alpha value is -2.54. The molecule has 2 rings (SSSR count). The Kier molecular flexibility index (Phi) is 6.41. The first kappa shape index (κ1) is 18.8. The van der Waals surface area contributed by atoms with Gasteiger partial charge in [-0.3, -0.25) is 9.59 Å². The highest BCUT2D eigenvalue weighted by molar-refractivity contribution is 9.10. The summed E-state index contributed by atoms with van der Waals surface area (Å²) in [7, 11) is 0. The number of rotatable bonds is 6. The van der Waals surface area contributed by atoms with Gasteiger partial charge >= 0.3 is 5.97 Å². The van der Waals surface area contributed by atoms with Crippen LogP contribution in [0.1, 0.15) is 33.2 Å². The number of ether oxygens (including phenoxy) is 1. The zero-order valence-corrected chi connectivity index (χ0v) is 14.9. The molecule has 0 atom stereocenters. The molecule has 2 aromatic carbocycles. The molecule has 2 aromatic rings. The van der Waals surface area contributed by atoms with Crippen LogP contribution in [-0.2, 0) is 16.1 Å². The Morgan fingerprint density at radius 3 is 2.40 bits per heavy atom. The Bertz CT molecular complexity index is 805. The summed E-state index contributed by atoms with van der Waals surface area (Å²) < 4.78 is 18.3. The van der Waals surface area contributed by atoms with Crippen molar-refractivity contribution < 1.29 is 23.5 Å². The van der Waals surface area contributed by atoms with E-state index in [9.17, 15) is 18.8 Å². The highest BCUT2D eigenvalue weighted by Crippen LogP contribution is 2.19. The predicted molar refractivity (Wildman–Crippen MR) is 92.7 cm³/mol. The molecule has 7 heteroatoms. The van der Waals surface area contributed by atoms with E-state index in [1.54, 1.807) is 24.3 Å². The Morgan fingerprint density at radius 2 is 1.80 bits per heavy atom. The minimum Gasteiger partial charge on any atom is -0.454 e. The molecular formula is C18H15BrFNO4. The maximum Gasteiger partial charge on any atom is 0.339 e. The summed E-state index contributed by atoms with van der Waals surface area (Å²) in [4.78, 5) is 34.9. The van der Waals surface area contributed by atoms with Crippen LogP contribution in [0.4, 0.5) is 4.39 Å². The minimum atomic E-state index is -0.720. The number of amides is 1. The van der Waals surface area contributed by atoms with Crippen molar-refractivity contribution in [3.05, 3.63) is 69.4 Å². The van der Waals surface area contributed by atoms with Gasteiger partial charge in [0.15, 0.2) is 12.4 Å². The van der Waals surface area contributed by atoms with Crippen molar-refractivity contribution in [1.29, 1.82) is 0 Å². The monoisotopic (exact) mass is 407 g/mol. The van der Waals surface area contributed by atoms with Gasteiger partial charge < -0.3 is 10.1 Å². The largest absolute Gasteiger partial charge is 0.454 e. The smallest absolute Gasteiger partial charge is 0.339 e. The lowest BCUT2D eigenvalue weighted by Gasteiger charge is -2.07. The van der Waals surface area contributed by atoms with E-state index in [-0.39, 0.29) is 21.7 Å². The average molecular weight is 408 g/mol. The van der Waals surface area contributed by atoms with Crippen molar-refractivity contribution in [2.24, 2.45) is 0 Å². The van der Waals surface area contributed by atoms with Gasteiger partial charge in [0.1, 0.15) is 5.82 Å². The molecule has 0 radical (unpaired) electrons. The number of hydrogen-bond donors (Lipinski definition) is 1. The SMILES string of the molecule is CC(=O)NCc1ccc(C(=O)COC(=O)c2ccc(F)cc2Br)cc1. The molecule has 1 amide bonds. The van der Waals surface area contributed by atoms with E-state index in [0.717, 1.165) is 17.7 Å². The van der Waals surface area contributed by atoms with Crippen molar-refractivity contribution >= 4 is 33.6 Å². The van der Waals surface area contributed by atoms with Crippen molar-refractivity contribution in [1.82, 2.24) is 5.32 Å². The molecule has 25 heavy (non-hydrogen) atoms. The first-order chi connectivity index (χ1) is 11.9. The Labute approximate surface area is 152 Å². The second-order valence-electron chi connectivity index (χ2n) is 5.23. The van der Waals surface area contributed by atoms with Crippen LogP contribution in [0.2, 0.25) is 0 Å². The van der Waals surface area contributed by atoms with Gasteiger partial charge in [-0.15, -0.1) is 0 Å². The Balaban J connectivity index is 1.93. The van der Waals surface area contributed by atoms with Gasteiger partial charge in [0.05, 0.1) is 5.56 Å². The number of nitrogens with one attached hydrogen (secondary N) is 1. The highest BCUT2D eigenvalue weighted by Gasteiger charge is 2.15. The van der Waals surface area contributed by atoms with Crippen LogP contribution >= 0.6 is 15.9 Å². The van der Waals surface area contributed by atoms with E-state index in [1.165, 1.54) is 13.0 Å². The predicted octanol–water partition coefficient (Wildman–Crippen LogP) is 3.26. The zero-order chi connectivity index (χ0) is 18.4. The molecule has 0 aliphatic heterocycles. The molecule has 1 N–H and O–H groups in total. The third-order valence-electron chi connectivity index (χ3n) is 3.30. The van der Waals surface area contributed by atoms with Crippen molar-refractivity contribution in [2.75, 3.05) is 6.61 Å². The summed E-state index contributed by atoms with van der Waals surface area (Å²) in [6.45, 7) is 1.37. The summed E-state index contributed by atoms with van der Waals surface area (Å²) in [6.07, 6.45) is 0. The van der Waals surface area contributed by atoms with Gasteiger partial charge in [-0.25, -0.2) is 9.18 Å². The van der Waals surface area contributed by atoms with Crippen LogP contribution in [0.3, 0.4) is 0 Å². The number of hydrogen-bond acceptors (Lipinski definition) is 4. The molecule has 0 unspecified atom stereocenters. The Morgan fingerprint density at radius 1 is 1.12 bits per heavy atom. The quantitative estimate of drug-likeness (QED) is 0.589. The van der Waals surface area contributed by atoms with Crippen LogP contribution in [0, 0.1) is 5.82 Å². The maximum atomic E-state index is 13.0. The van der Waals surface area contributed by atoms with Crippen LogP contribution < -0.4 is 5.32 Å². The van der Waals surface area contributed by atoms with Crippen LogP contribution in [-0.4, -0.2) is 24.3 Å². The second-order valence-corrected chi connectivity index (χ2v) is 6.08. The molecule has 0 aliphatic carbocycles. The second kappa shape index (κ2) is 8.53. The first-order valence-corrected chi connectivity index (χ1v) is 8.15. The molecule has 130 valence electrons. The van der Waals surface area contributed by atoms with Gasteiger partial charge in [-0.1, -0.05) is 24.3 Å². The average Bonchev–Trinajstić information content (AvgIpc) is 2.58. The van der Waals surface area contributed by atoms with Crippen LogP contribution in [0.25, 0.3) is 0 Å². The normalized spacial score (nSPS) is 10.2. The van der Waals surface area contributed by atoms with E-state index in [4.69, 9.17) is 4.74 Å². The van der Waals surface area contributed by atoms with Crippen molar-refractivity contribution in [2.45, 2.75) is 13.5 Å². The minimum absolute atomic E-state index is 0.139. The zero-order valence-electron chi connectivity index (χ0n) is 13.3. The van der Waals surface area contributed by atoms with E-state index in [1.807, 2.05) is 0 Å². The number of benzene rings is 2. The third-order valence-corrected chi connectivity index (χ3v) is 3.96. The van der Waals surface area contributed by atoms with Crippen molar-refractivity contribution in [3.63, 3.8) is 0 Å². The van der Waals surface area contributed by atoms with Gasteiger partial charge in [0.2, 0.25) is 5.91 Å². The number of Topliss-reactive ketones (excluding diaryl/α,β-unsaturated/α-hetero) is 1. The first-order valence-electron chi connectivity index (χ1n) is 7.35. The topological polar surface area (TPSA) is 72.5 Å². The fraction of sp³-hybridized carbons (Fsp3) is 0.167. The molecule has 0 saturated carbocycles. The van der Waals surface area contributed by atoms with Crippen LogP contribution in [0.5, 0.6) is 0 Å². The molecule has 5 nitrogen and oxygen atoms in total. The van der Waals surface area contributed by atoms with E-state index in [0.29, 0.717) is 12.1 Å². The standard InChI is InChI=1S/C18H15BrFNO4/c1-11(22)21-9-12-2-4-13(5-3-12)17(23)10-25-18(24)15-7-6-14(20)8-16(15)19/h2-8H,9-10H2,1H3,(H,21,22). The molecule has 0 aromatic heterocycles. The molecule has 0 saturated heterocycles. The maximum absolute atomic E-state index is 13.0. The number of carbonyl (C=O) groups is 3. The number of ketones is 1. The van der Waals surface area contributed by atoms with E-state index in [2.05, 4.69) is 21.2 Å². The summed E-state index contributed by atoms with van der Waals surface area (Å²) in [5.74, 6) is -1.71. The lowest BCUT2D eigenvalue weighted by molar-refractivity contribution is -0.119. The third kappa shape index (κ3) is 5.49. The number of esters is 1. The van der Waals surface area contributed by atoms with Gasteiger partial charge in [-0.2, -0.15) is 0 Å². The summed E-state index contributed by atoms with van der Waals surface area (Å²) in [5, 5.41) is 2.65. The molecule has 0 spiro atoms. The lowest BCUT2D eigenvalue weighted by Crippen LogP contribution is -2.19. The van der Waals surface area contributed by atoms with Crippen LogP contribution in [0.15, 0.2) is 46.9 Å². The summed E-state index contributed by atoms with van der Waals surface area (Å²) >= 11 is 3.08. The molecule has 0 fully saturated rings. The van der Waals surface area contributed by atoms with Gasteiger partial charge in [-0.05, 0) is 39.7 Å². The van der Waals surface area contributed by atoms with Gasteiger partial charge in [0.25, 0.3) is 0 Å². The highest BCUT2D eigenvalue weighted by atomic mass is 79.9. The molecule has 0 bridgehead atoms. The fourth-order valence-corrected chi connectivity index (χ4v) is 2.49. The van der Waals surface area contributed by atoms with E-state index < -0.39 is 18.4 Å². The summed E-state index contributed by atoms with van der Waals surface area (Å²) in [5.41, 5.74) is 1.37. The molecular weight excluding hydrogens is 393 g/mol. The van der Waals surface area contributed by atoms with E-state index >= 15 is 0 Å². The number of carbonyl (C=O) groups excluding carboxylic acids is 3. The summed E-state index contributed by atoms with van der Waals surface area (Å²) in [6, 6.07) is 10.2. The number of halogens is 2. The molecule has 0 heterocycles. The van der Waals surface area contributed by atoms with Crippen molar-refractivity contribution in [3.8, 4) is 0 Å². The van der Waals surface area contributed by atoms with Gasteiger partial charge in [0, 0.05) is 23.5 Å². The fourth-order valence-electron chi connectivity index (χ4n) is 1.98.